The van der Waals surface area contributed by atoms with E-state index in [0.717, 1.165) is 12.8 Å². The molecule has 1 aromatic rings. The SMILES string of the molecule is O=C(CCS(=O)(=O)c1ccccc1)N1C[C@H]2CC[C@@H](O)[C@H]2C1. The Morgan fingerprint density at radius 3 is 2.59 bits per heavy atom. The summed E-state index contributed by atoms with van der Waals surface area (Å²) in [5.41, 5.74) is 0. The first kappa shape index (κ1) is 15.5. The number of rotatable bonds is 4. The predicted octanol–water partition coefficient (Wildman–Crippen LogP) is 1.08. The molecule has 1 saturated carbocycles. The van der Waals surface area contributed by atoms with Gasteiger partial charge in [0.1, 0.15) is 0 Å². The lowest BCUT2D eigenvalue weighted by atomic mass is 10.00. The van der Waals surface area contributed by atoms with E-state index in [-0.39, 0.29) is 35.0 Å². The number of hydrogen-bond acceptors (Lipinski definition) is 4. The highest BCUT2D eigenvalue weighted by atomic mass is 32.2. The Morgan fingerprint density at radius 2 is 1.91 bits per heavy atom. The molecule has 0 spiro atoms. The van der Waals surface area contributed by atoms with Crippen molar-refractivity contribution in [2.45, 2.75) is 30.3 Å². The molecule has 2 aliphatic rings. The molecule has 0 unspecified atom stereocenters. The Hall–Kier alpha value is -1.40. The molecule has 1 saturated heterocycles. The molecule has 22 heavy (non-hydrogen) atoms. The van der Waals surface area contributed by atoms with Crippen molar-refractivity contribution in [1.82, 2.24) is 4.90 Å². The van der Waals surface area contributed by atoms with Crippen LogP contribution in [0.3, 0.4) is 0 Å². The third kappa shape index (κ3) is 3.03. The van der Waals surface area contributed by atoms with Crippen molar-refractivity contribution in [2.75, 3.05) is 18.8 Å². The number of hydrogen-bond donors (Lipinski definition) is 1. The van der Waals surface area contributed by atoms with Crippen LogP contribution < -0.4 is 0 Å². The summed E-state index contributed by atoms with van der Waals surface area (Å²) in [7, 11) is -3.41. The smallest absolute Gasteiger partial charge is 0.223 e. The Balaban J connectivity index is 1.57. The van der Waals surface area contributed by atoms with Gasteiger partial charge in [0.05, 0.1) is 16.8 Å². The topological polar surface area (TPSA) is 74.7 Å². The fourth-order valence-electron chi connectivity index (χ4n) is 3.57. The number of carbonyl (C=O) groups is 1. The van der Waals surface area contributed by atoms with Crippen LogP contribution in [-0.2, 0) is 14.6 Å². The van der Waals surface area contributed by atoms with Crippen molar-refractivity contribution < 1.29 is 18.3 Å². The third-order valence-electron chi connectivity index (χ3n) is 4.86. The summed E-state index contributed by atoms with van der Waals surface area (Å²) in [6.07, 6.45) is 1.47. The molecule has 1 aliphatic carbocycles. The van der Waals surface area contributed by atoms with Gasteiger partial charge in [-0.1, -0.05) is 18.2 Å². The number of likely N-dealkylation sites (tertiary alicyclic amines) is 1. The average Bonchev–Trinajstić information content (AvgIpc) is 3.08. The van der Waals surface area contributed by atoms with Crippen LogP contribution >= 0.6 is 0 Å². The van der Waals surface area contributed by atoms with Crippen LogP contribution in [0, 0.1) is 11.8 Å². The number of nitrogens with zero attached hydrogens (tertiary/aromatic N) is 1. The van der Waals surface area contributed by atoms with Gasteiger partial charge in [0.15, 0.2) is 9.84 Å². The number of carbonyl (C=O) groups excluding carboxylic acids is 1. The van der Waals surface area contributed by atoms with Gasteiger partial charge in [-0.2, -0.15) is 0 Å². The van der Waals surface area contributed by atoms with E-state index in [2.05, 4.69) is 0 Å². The Bertz CT molecular complexity index is 643. The van der Waals surface area contributed by atoms with Crippen molar-refractivity contribution in [2.24, 2.45) is 11.8 Å². The fraction of sp³-hybridized carbons (Fsp3) is 0.562. The van der Waals surface area contributed by atoms with Crippen molar-refractivity contribution in [3.05, 3.63) is 30.3 Å². The Morgan fingerprint density at radius 1 is 1.18 bits per heavy atom. The highest BCUT2D eigenvalue weighted by Gasteiger charge is 2.43. The molecule has 5 nitrogen and oxygen atoms in total. The van der Waals surface area contributed by atoms with E-state index in [1.54, 1.807) is 35.2 Å². The van der Waals surface area contributed by atoms with Crippen LogP contribution in [0.2, 0.25) is 0 Å². The zero-order valence-corrected chi connectivity index (χ0v) is 13.2. The van der Waals surface area contributed by atoms with Gasteiger partial charge in [-0.3, -0.25) is 4.79 Å². The lowest BCUT2D eigenvalue weighted by Gasteiger charge is -2.18. The Labute approximate surface area is 130 Å². The maximum Gasteiger partial charge on any atom is 0.223 e. The van der Waals surface area contributed by atoms with Crippen LogP contribution in [0.25, 0.3) is 0 Å². The minimum Gasteiger partial charge on any atom is -0.393 e. The van der Waals surface area contributed by atoms with E-state index < -0.39 is 9.84 Å². The van der Waals surface area contributed by atoms with Gasteiger partial charge in [0.2, 0.25) is 5.91 Å². The second kappa shape index (κ2) is 6.01. The van der Waals surface area contributed by atoms with Gasteiger partial charge in [-0.15, -0.1) is 0 Å². The zero-order valence-electron chi connectivity index (χ0n) is 12.4. The number of aliphatic hydroxyl groups is 1. The van der Waals surface area contributed by atoms with Gasteiger partial charge in [-0.25, -0.2) is 8.42 Å². The van der Waals surface area contributed by atoms with Crippen molar-refractivity contribution in [3.8, 4) is 0 Å². The summed E-state index contributed by atoms with van der Waals surface area (Å²) < 4.78 is 24.4. The first-order valence-electron chi connectivity index (χ1n) is 7.71. The van der Waals surface area contributed by atoms with Crippen LogP contribution in [0.4, 0.5) is 0 Å². The number of benzene rings is 1. The minimum atomic E-state index is -3.41. The largest absolute Gasteiger partial charge is 0.393 e. The van der Waals surface area contributed by atoms with Crippen molar-refractivity contribution >= 4 is 15.7 Å². The summed E-state index contributed by atoms with van der Waals surface area (Å²) in [6, 6.07) is 8.22. The third-order valence-corrected chi connectivity index (χ3v) is 6.59. The van der Waals surface area contributed by atoms with E-state index in [1.165, 1.54) is 0 Å². The zero-order chi connectivity index (χ0) is 15.7. The predicted molar refractivity (Wildman–Crippen MR) is 81.9 cm³/mol. The lowest BCUT2D eigenvalue weighted by molar-refractivity contribution is -0.130. The number of fused-ring (bicyclic) bond motifs is 1. The van der Waals surface area contributed by atoms with Gasteiger partial charge < -0.3 is 10.0 Å². The normalized spacial score (nSPS) is 27.9. The molecule has 0 radical (unpaired) electrons. The average molecular weight is 323 g/mol. The van der Waals surface area contributed by atoms with Gasteiger partial charge in [0.25, 0.3) is 0 Å². The summed E-state index contributed by atoms with van der Waals surface area (Å²) in [5, 5.41) is 9.87. The Kier molecular flexibility index (Phi) is 4.23. The van der Waals surface area contributed by atoms with Crippen LogP contribution in [0.1, 0.15) is 19.3 Å². The summed E-state index contributed by atoms with van der Waals surface area (Å²) in [6.45, 7) is 1.22. The molecule has 2 fully saturated rings. The van der Waals surface area contributed by atoms with E-state index >= 15 is 0 Å². The molecule has 120 valence electrons. The quantitative estimate of drug-likeness (QED) is 0.900. The van der Waals surface area contributed by atoms with Crippen LogP contribution in [0.15, 0.2) is 35.2 Å². The van der Waals surface area contributed by atoms with E-state index in [4.69, 9.17) is 0 Å². The second-order valence-electron chi connectivity index (χ2n) is 6.25. The van der Waals surface area contributed by atoms with Crippen molar-refractivity contribution in [3.63, 3.8) is 0 Å². The number of amides is 1. The molecule has 1 aliphatic heterocycles. The first-order valence-corrected chi connectivity index (χ1v) is 9.36. The fourth-order valence-corrected chi connectivity index (χ4v) is 4.82. The molecule has 3 atom stereocenters. The molecule has 1 heterocycles. The molecular formula is C16H21NO4S. The number of aliphatic hydroxyl groups excluding tert-OH is 1. The molecule has 6 heteroatoms. The number of sulfone groups is 1. The highest BCUT2D eigenvalue weighted by Crippen LogP contribution is 2.38. The van der Waals surface area contributed by atoms with Crippen LogP contribution in [0.5, 0.6) is 0 Å². The maximum absolute atomic E-state index is 12.2. The molecular weight excluding hydrogens is 302 g/mol. The summed E-state index contributed by atoms with van der Waals surface area (Å²) in [4.78, 5) is 14.2. The van der Waals surface area contributed by atoms with Crippen molar-refractivity contribution in [1.29, 1.82) is 0 Å². The summed E-state index contributed by atoms with van der Waals surface area (Å²) in [5.74, 6) is 0.269. The monoisotopic (exact) mass is 323 g/mol. The first-order chi connectivity index (χ1) is 10.5. The van der Waals surface area contributed by atoms with E-state index in [9.17, 15) is 18.3 Å². The highest BCUT2D eigenvalue weighted by molar-refractivity contribution is 7.91. The molecule has 3 rings (SSSR count). The molecule has 0 bridgehead atoms. The molecule has 1 N–H and O–H groups in total. The summed E-state index contributed by atoms with van der Waals surface area (Å²) >= 11 is 0. The molecule has 1 aromatic carbocycles. The van der Waals surface area contributed by atoms with Gasteiger partial charge in [-0.05, 0) is 30.9 Å². The van der Waals surface area contributed by atoms with E-state index in [0.29, 0.717) is 19.0 Å². The molecule has 0 aromatic heterocycles. The van der Waals surface area contributed by atoms with Gasteiger partial charge in [0, 0.05) is 25.4 Å². The van der Waals surface area contributed by atoms with Crippen LogP contribution in [-0.4, -0.2) is 49.3 Å². The lowest BCUT2D eigenvalue weighted by Crippen LogP contribution is -2.32. The maximum atomic E-state index is 12.2. The second-order valence-corrected chi connectivity index (χ2v) is 8.36. The molecule has 1 amide bonds. The van der Waals surface area contributed by atoms with Gasteiger partial charge >= 0.3 is 0 Å². The minimum absolute atomic E-state index is 0.00671. The standard InChI is InChI=1S/C16H21NO4S/c18-15-7-6-12-10-17(11-14(12)15)16(19)8-9-22(20,21)13-4-2-1-3-5-13/h1-5,12,14-15,18H,6-11H2/t12-,14+,15-/m1/s1. The van der Waals surface area contributed by atoms with E-state index in [1.807, 2.05) is 0 Å².